The molecule has 5 nitrogen and oxygen atoms in total. The number of halogens is 1. The van der Waals surface area contributed by atoms with Crippen molar-refractivity contribution >= 4 is 38.7 Å². The van der Waals surface area contributed by atoms with E-state index in [1.807, 2.05) is 6.07 Å². The van der Waals surface area contributed by atoms with Crippen LogP contribution in [0, 0.1) is 0 Å². The molecular weight excluding hydrogens is 286 g/mol. The fourth-order valence-corrected chi connectivity index (χ4v) is 1.90. The summed E-state index contributed by atoms with van der Waals surface area (Å²) in [5.41, 5.74) is 1.03. The van der Waals surface area contributed by atoms with Gasteiger partial charge in [0.1, 0.15) is 0 Å². The van der Waals surface area contributed by atoms with Crippen LogP contribution in [0.25, 0.3) is 11.0 Å². The van der Waals surface area contributed by atoms with Gasteiger partial charge in [0.05, 0.1) is 11.0 Å². The number of carbonyl (C=O) groups is 1. The second kappa shape index (κ2) is 4.29. The van der Waals surface area contributed by atoms with Crippen molar-refractivity contribution in [3.05, 3.63) is 33.0 Å². The average Bonchev–Trinajstić information content (AvgIpc) is 2.24. The summed E-state index contributed by atoms with van der Waals surface area (Å²) in [7, 11) is 1.64. The second-order valence-electron chi connectivity index (χ2n) is 3.64. The van der Waals surface area contributed by atoms with Crippen LogP contribution in [0.5, 0.6) is 0 Å². The number of aryl methyl sites for hydroxylation is 1. The van der Waals surface area contributed by atoms with E-state index < -0.39 is 0 Å². The van der Waals surface area contributed by atoms with Crippen LogP contribution in [0.15, 0.2) is 27.5 Å². The first kappa shape index (κ1) is 11.8. The maximum absolute atomic E-state index is 11.9. The van der Waals surface area contributed by atoms with Crippen LogP contribution in [0.4, 0.5) is 5.82 Å². The maximum Gasteiger partial charge on any atom is 0.293 e. The molecule has 0 radical (unpaired) electrons. The van der Waals surface area contributed by atoms with Crippen molar-refractivity contribution in [1.82, 2.24) is 9.55 Å². The first-order chi connectivity index (χ1) is 7.99. The highest BCUT2D eigenvalue weighted by atomic mass is 79.9. The van der Waals surface area contributed by atoms with Gasteiger partial charge in [-0.3, -0.25) is 9.59 Å². The van der Waals surface area contributed by atoms with Crippen molar-refractivity contribution < 1.29 is 4.79 Å². The summed E-state index contributed by atoms with van der Waals surface area (Å²) in [6.07, 6.45) is 0. The van der Waals surface area contributed by atoms with Gasteiger partial charge in [0, 0.05) is 18.4 Å². The van der Waals surface area contributed by atoms with E-state index in [2.05, 4.69) is 26.2 Å². The van der Waals surface area contributed by atoms with Crippen LogP contribution in [0.1, 0.15) is 6.92 Å². The van der Waals surface area contributed by atoms with E-state index in [4.69, 9.17) is 0 Å². The molecule has 0 aliphatic heterocycles. The van der Waals surface area contributed by atoms with Crippen molar-refractivity contribution in [3.8, 4) is 0 Å². The monoisotopic (exact) mass is 295 g/mol. The van der Waals surface area contributed by atoms with Crippen LogP contribution in [-0.4, -0.2) is 15.5 Å². The number of nitrogens with one attached hydrogen (secondary N) is 1. The summed E-state index contributed by atoms with van der Waals surface area (Å²) < 4.78 is 2.32. The van der Waals surface area contributed by atoms with Crippen LogP contribution in [-0.2, 0) is 11.8 Å². The lowest BCUT2D eigenvalue weighted by Crippen LogP contribution is -2.24. The molecule has 88 valence electrons. The molecule has 1 heterocycles. The minimum atomic E-state index is -0.324. The van der Waals surface area contributed by atoms with E-state index in [9.17, 15) is 9.59 Å². The van der Waals surface area contributed by atoms with Crippen LogP contribution < -0.4 is 10.9 Å². The average molecular weight is 296 g/mol. The van der Waals surface area contributed by atoms with Gasteiger partial charge < -0.3 is 9.88 Å². The lowest BCUT2D eigenvalue weighted by atomic mass is 10.3. The SMILES string of the molecule is CC(=O)Nc1nc2cc(Br)ccc2n(C)c1=O. The Balaban J connectivity index is 2.75. The minimum absolute atomic E-state index is 0.0469. The molecule has 2 aromatic rings. The molecular formula is C11H10BrN3O2. The summed E-state index contributed by atoms with van der Waals surface area (Å²) in [6, 6.07) is 5.42. The summed E-state index contributed by atoms with van der Waals surface area (Å²) in [5.74, 6) is -0.269. The molecule has 0 bridgehead atoms. The third-order valence-electron chi connectivity index (χ3n) is 2.33. The first-order valence-electron chi connectivity index (χ1n) is 4.93. The van der Waals surface area contributed by atoms with Gasteiger partial charge >= 0.3 is 0 Å². The zero-order valence-electron chi connectivity index (χ0n) is 9.32. The number of anilines is 1. The highest BCUT2D eigenvalue weighted by Gasteiger charge is 2.09. The highest BCUT2D eigenvalue weighted by molar-refractivity contribution is 9.10. The fourth-order valence-electron chi connectivity index (χ4n) is 1.55. The van der Waals surface area contributed by atoms with Gasteiger partial charge in [-0.1, -0.05) is 15.9 Å². The molecule has 0 atom stereocenters. The number of fused-ring (bicyclic) bond motifs is 1. The van der Waals surface area contributed by atoms with Gasteiger partial charge in [0.15, 0.2) is 5.82 Å². The number of amides is 1. The van der Waals surface area contributed by atoms with E-state index in [1.54, 1.807) is 19.2 Å². The standard InChI is InChI=1S/C11H10BrN3O2/c1-6(16)13-10-11(17)15(2)9-4-3-7(12)5-8(9)14-10/h3-5H,1-2H3,(H,13,14,16). The Bertz CT molecular complexity index is 664. The zero-order valence-corrected chi connectivity index (χ0v) is 10.9. The molecule has 0 unspecified atom stereocenters. The topological polar surface area (TPSA) is 64.0 Å². The summed E-state index contributed by atoms with van der Waals surface area (Å²) in [4.78, 5) is 27.0. The predicted molar refractivity (Wildman–Crippen MR) is 69.0 cm³/mol. The molecule has 0 saturated carbocycles. The summed E-state index contributed by atoms with van der Waals surface area (Å²) in [6.45, 7) is 1.34. The van der Waals surface area contributed by atoms with Gasteiger partial charge in [-0.05, 0) is 18.2 Å². The van der Waals surface area contributed by atoms with E-state index in [0.717, 1.165) is 4.47 Å². The molecule has 17 heavy (non-hydrogen) atoms. The Morgan fingerprint density at radius 1 is 1.47 bits per heavy atom. The molecule has 1 amide bonds. The van der Waals surface area contributed by atoms with Gasteiger partial charge in [-0.2, -0.15) is 0 Å². The van der Waals surface area contributed by atoms with E-state index in [1.165, 1.54) is 11.5 Å². The van der Waals surface area contributed by atoms with Gasteiger partial charge in [-0.25, -0.2) is 4.98 Å². The normalized spacial score (nSPS) is 10.5. The van der Waals surface area contributed by atoms with Crippen molar-refractivity contribution in [2.75, 3.05) is 5.32 Å². The molecule has 6 heteroatoms. The molecule has 0 spiro atoms. The molecule has 0 fully saturated rings. The Kier molecular flexibility index (Phi) is 2.97. The number of rotatable bonds is 1. The van der Waals surface area contributed by atoms with Gasteiger partial charge in [0.25, 0.3) is 5.56 Å². The Labute approximate surface area is 106 Å². The van der Waals surface area contributed by atoms with Crippen LogP contribution in [0.3, 0.4) is 0 Å². The molecule has 1 aromatic carbocycles. The number of carbonyl (C=O) groups excluding carboxylic acids is 1. The second-order valence-corrected chi connectivity index (χ2v) is 4.55. The van der Waals surface area contributed by atoms with Crippen LogP contribution >= 0.6 is 15.9 Å². The van der Waals surface area contributed by atoms with Crippen molar-refractivity contribution in [3.63, 3.8) is 0 Å². The molecule has 0 saturated heterocycles. The highest BCUT2D eigenvalue weighted by Crippen LogP contribution is 2.17. The predicted octanol–water partition coefficient (Wildman–Crippen LogP) is 1.65. The molecule has 0 aliphatic rings. The zero-order chi connectivity index (χ0) is 12.6. The molecule has 1 aromatic heterocycles. The number of hydrogen-bond donors (Lipinski definition) is 1. The molecule has 1 N–H and O–H groups in total. The van der Waals surface area contributed by atoms with Gasteiger partial charge in [-0.15, -0.1) is 0 Å². The minimum Gasteiger partial charge on any atom is -0.307 e. The van der Waals surface area contributed by atoms with Crippen molar-refractivity contribution in [2.45, 2.75) is 6.92 Å². The maximum atomic E-state index is 11.9. The molecule has 2 rings (SSSR count). The van der Waals surface area contributed by atoms with E-state index in [0.29, 0.717) is 11.0 Å². The smallest absolute Gasteiger partial charge is 0.293 e. The molecule has 0 aliphatic carbocycles. The van der Waals surface area contributed by atoms with Crippen molar-refractivity contribution in [2.24, 2.45) is 7.05 Å². The van der Waals surface area contributed by atoms with E-state index in [-0.39, 0.29) is 17.3 Å². The largest absolute Gasteiger partial charge is 0.307 e. The van der Waals surface area contributed by atoms with Gasteiger partial charge in [0.2, 0.25) is 5.91 Å². The Morgan fingerprint density at radius 2 is 2.18 bits per heavy atom. The fraction of sp³-hybridized carbons (Fsp3) is 0.182. The number of aromatic nitrogens is 2. The summed E-state index contributed by atoms with van der Waals surface area (Å²) in [5, 5.41) is 2.43. The third kappa shape index (κ3) is 2.21. The van der Waals surface area contributed by atoms with Crippen LogP contribution in [0.2, 0.25) is 0 Å². The van der Waals surface area contributed by atoms with Crippen molar-refractivity contribution in [1.29, 1.82) is 0 Å². The number of nitrogens with zero attached hydrogens (tertiary/aromatic N) is 2. The quantitative estimate of drug-likeness (QED) is 0.870. The lowest BCUT2D eigenvalue weighted by Gasteiger charge is -2.08. The Hall–Kier alpha value is -1.69. The first-order valence-corrected chi connectivity index (χ1v) is 5.72. The van der Waals surface area contributed by atoms with E-state index >= 15 is 0 Å². The third-order valence-corrected chi connectivity index (χ3v) is 2.83. The number of hydrogen-bond acceptors (Lipinski definition) is 3. The lowest BCUT2D eigenvalue weighted by molar-refractivity contribution is -0.114. The summed E-state index contributed by atoms with van der Waals surface area (Å²) >= 11 is 3.34. The Morgan fingerprint density at radius 3 is 2.82 bits per heavy atom. The number of benzene rings is 1.